The Labute approximate surface area is 167 Å². The number of methoxy groups -OCH3 is 3. The van der Waals surface area contributed by atoms with Crippen molar-refractivity contribution in [1.82, 2.24) is 10.2 Å². The molecule has 0 saturated carbocycles. The van der Waals surface area contributed by atoms with Crippen LogP contribution in [0.15, 0.2) is 36.4 Å². The van der Waals surface area contributed by atoms with Crippen LogP contribution < -0.4 is 24.3 Å². The highest BCUT2D eigenvalue weighted by atomic mass is 16.5. The molecule has 0 radical (unpaired) electrons. The molecule has 1 atom stereocenters. The fraction of sp³-hybridized carbons (Fsp3) is 0.455. The second kappa shape index (κ2) is 9.66. The zero-order valence-electron chi connectivity index (χ0n) is 17.2. The second-order valence-electron chi connectivity index (χ2n) is 6.61. The van der Waals surface area contributed by atoms with Crippen molar-refractivity contribution in [2.45, 2.75) is 13.0 Å². The van der Waals surface area contributed by atoms with E-state index in [0.29, 0.717) is 6.61 Å². The summed E-state index contributed by atoms with van der Waals surface area (Å²) in [5.41, 5.74) is 2.14. The van der Waals surface area contributed by atoms with Crippen LogP contribution in [0.5, 0.6) is 23.0 Å². The number of benzene rings is 2. The quantitative estimate of drug-likeness (QED) is 0.752. The molecule has 1 saturated heterocycles. The Morgan fingerprint density at radius 2 is 1.54 bits per heavy atom. The molecule has 28 heavy (non-hydrogen) atoms. The number of nitrogens with one attached hydrogen (secondary N) is 1. The van der Waals surface area contributed by atoms with Gasteiger partial charge in [-0.05, 0) is 36.8 Å². The average molecular weight is 386 g/mol. The molecular formula is C22H30N2O4. The normalized spacial score (nSPS) is 15.7. The Hall–Kier alpha value is -2.44. The summed E-state index contributed by atoms with van der Waals surface area (Å²) in [6, 6.07) is 12.1. The molecule has 2 aromatic rings. The third-order valence-corrected chi connectivity index (χ3v) is 5.06. The van der Waals surface area contributed by atoms with Crippen molar-refractivity contribution < 1.29 is 18.9 Å². The maximum absolute atomic E-state index is 5.72. The molecule has 0 spiro atoms. The van der Waals surface area contributed by atoms with Crippen LogP contribution in [-0.4, -0.2) is 59.0 Å². The van der Waals surface area contributed by atoms with Crippen molar-refractivity contribution in [2.75, 3.05) is 54.1 Å². The van der Waals surface area contributed by atoms with Gasteiger partial charge in [0.2, 0.25) is 0 Å². The maximum atomic E-state index is 5.72. The lowest BCUT2D eigenvalue weighted by Crippen LogP contribution is -2.45. The standard InChI is InChI=1S/C22H30N2O4/c1-5-28-17-10-9-16(15-20(17)27-4)22(24-13-11-23-12-14-24)21-18(25-2)7-6-8-19(21)26-3/h6-10,15,22-23H,5,11-14H2,1-4H3. The zero-order valence-corrected chi connectivity index (χ0v) is 17.2. The van der Waals surface area contributed by atoms with Crippen molar-refractivity contribution in [2.24, 2.45) is 0 Å². The largest absolute Gasteiger partial charge is 0.496 e. The SMILES string of the molecule is CCOc1ccc(C(c2c(OC)cccc2OC)N2CCNCC2)cc1OC. The van der Waals surface area contributed by atoms with Crippen molar-refractivity contribution in [3.8, 4) is 23.0 Å². The van der Waals surface area contributed by atoms with Crippen LogP contribution in [0.3, 0.4) is 0 Å². The van der Waals surface area contributed by atoms with E-state index in [1.54, 1.807) is 21.3 Å². The first kappa shape index (κ1) is 20.3. The predicted octanol–water partition coefficient (Wildman–Crippen LogP) is 3.11. The Bertz CT molecular complexity index is 753. The van der Waals surface area contributed by atoms with E-state index < -0.39 is 0 Å². The summed E-state index contributed by atoms with van der Waals surface area (Å²) in [5, 5.41) is 3.43. The number of piperazine rings is 1. The molecule has 1 heterocycles. The van der Waals surface area contributed by atoms with Crippen LogP contribution in [0.1, 0.15) is 24.1 Å². The molecule has 1 aliphatic rings. The average Bonchev–Trinajstić information content (AvgIpc) is 2.75. The van der Waals surface area contributed by atoms with E-state index in [1.165, 1.54) is 0 Å². The number of ether oxygens (including phenoxy) is 4. The molecule has 1 unspecified atom stereocenters. The minimum Gasteiger partial charge on any atom is -0.496 e. The Morgan fingerprint density at radius 3 is 2.11 bits per heavy atom. The molecule has 0 aliphatic carbocycles. The molecule has 6 nitrogen and oxygen atoms in total. The molecule has 152 valence electrons. The molecule has 0 aromatic heterocycles. The lowest BCUT2D eigenvalue weighted by Gasteiger charge is -2.36. The van der Waals surface area contributed by atoms with Gasteiger partial charge in [-0.15, -0.1) is 0 Å². The summed E-state index contributed by atoms with van der Waals surface area (Å²) >= 11 is 0. The number of hydrogen-bond donors (Lipinski definition) is 1. The van der Waals surface area contributed by atoms with Crippen LogP contribution in [0.2, 0.25) is 0 Å². The van der Waals surface area contributed by atoms with Crippen molar-refractivity contribution in [3.05, 3.63) is 47.5 Å². The maximum Gasteiger partial charge on any atom is 0.161 e. The van der Waals surface area contributed by atoms with Crippen LogP contribution >= 0.6 is 0 Å². The Balaban J connectivity index is 2.14. The van der Waals surface area contributed by atoms with E-state index in [-0.39, 0.29) is 6.04 Å². The smallest absolute Gasteiger partial charge is 0.161 e. The van der Waals surface area contributed by atoms with Gasteiger partial charge < -0.3 is 24.3 Å². The van der Waals surface area contributed by atoms with E-state index in [1.807, 2.05) is 31.2 Å². The molecule has 0 bridgehead atoms. The Morgan fingerprint density at radius 1 is 0.893 bits per heavy atom. The minimum atomic E-state index is -0.0159. The topological polar surface area (TPSA) is 52.2 Å². The van der Waals surface area contributed by atoms with E-state index in [0.717, 1.165) is 60.3 Å². The van der Waals surface area contributed by atoms with E-state index in [4.69, 9.17) is 18.9 Å². The summed E-state index contributed by atoms with van der Waals surface area (Å²) in [4.78, 5) is 2.45. The van der Waals surface area contributed by atoms with Gasteiger partial charge in [0.25, 0.3) is 0 Å². The van der Waals surface area contributed by atoms with Crippen LogP contribution in [0.4, 0.5) is 0 Å². The van der Waals surface area contributed by atoms with Crippen LogP contribution in [0, 0.1) is 0 Å². The van der Waals surface area contributed by atoms with Gasteiger partial charge in [0, 0.05) is 26.2 Å². The molecule has 1 fully saturated rings. The van der Waals surface area contributed by atoms with Crippen LogP contribution in [0.25, 0.3) is 0 Å². The van der Waals surface area contributed by atoms with E-state index >= 15 is 0 Å². The highest BCUT2D eigenvalue weighted by Crippen LogP contribution is 2.42. The zero-order chi connectivity index (χ0) is 19.9. The van der Waals surface area contributed by atoms with Gasteiger partial charge in [-0.3, -0.25) is 4.90 Å². The third kappa shape index (κ3) is 4.18. The highest BCUT2D eigenvalue weighted by Gasteiger charge is 2.30. The fourth-order valence-corrected chi connectivity index (χ4v) is 3.78. The van der Waals surface area contributed by atoms with Crippen LogP contribution in [-0.2, 0) is 0 Å². The summed E-state index contributed by atoms with van der Waals surface area (Å²) in [6.07, 6.45) is 0. The lowest BCUT2D eigenvalue weighted by atomic mass is 9.94. The first-order chi connectivity index (χ1) is 13.7. The molecule has 2 aromatic carbocycles. The van der Waals surface area contributed by atoms with Crippen molar-refractivity contribution in [1.29, 1.82) is 0 Å². The number of rotatable bonds is 8. The van der Waals surface area contributed by atoms with Gasteiger partial charge in [0.15, 0.2) is 11.5 Å². The molecule has 0 amide bonds. The van der Waals surface area contributed by atoms with Gasteiger partial charge in [0.05, 0.1) is 39.5 Å². The van der Waals surface area contributed by atoms with Gasteiger partial charge in [0.1, 0.15) is 11.5 Å². The first-order valence-electron chi connectivity index (χ1n) is 9.69. The predicted molar refractivity (Wildman–Crippen MR) is 110 cm³/mol. The van der Waals surface area contributed by atoms with E-state index in [9.17, 15) is 0 Å². The lowest BCUT2D eigenvalue weighted by molar-refractivity contribution is 0.191. The molecule has 3 rings (SSSR count). The van der Waals surface area contributed by atoms with Gasteiger partial charge in [-0.2, -0.15) is 0 Å². The van der Waals surface area contributed by atoms with Crippen molar-refractivity contribution >= 4 is 0 Å². The minimum absolute atomic E-state index is 0.0159. The number of hydrogen-bond acceptors (Lipinski definition) is 6. The molecule has 1 N–H and O–H groups in total. The van der Waals surface area contributed by atoms with Gasteiger partial charge in [-0.1, -0.05) is 12.1 Å². The first-order valence-corrected chi connectivity index (χ1v) is 9.69. The molecular weight excluding hydrogens is 356 g/mol. The highest BCUT2D eigenvalue weighted by molar-refractivity contribution is 5.53. The van der Waals surface area contributed by atoms with Crippen molar-refractivity contribution in [3.63, 3.8) is 0 Å². The second-order valence-corrected chi connectivity index (χ2v) is 6.61. The third-order valence-electron chi connectivity index (χ3n) is 5.06. The monoisotopic (exact) mass is 386 g/mol. The van der Waals surface area contributed by atoms with E-state index in [2.05, 4.69) is 22.3 Å². The summed E-state index contributed by atoms with van der Waals surface area (Å²) in [5.74, 6) is 3.11. The summed E-state index contributed by atoms with van der Waals surface area (Å²) in [6.45, 7) is 6.32. The molecule has 1 aliphatic heterocycles. The molecule has 6 heteroatoms. The Kier molecular flexibility index (Phi) is 7.01. The summed E-state index contributed by atoms with van der Waals surface area (Å²) < 4.78 is 22.8. The number of nitrogens with zero attached hydrogens (tertiary/aromatic N) is 1. The van der Waals surface area contributed by atoms with Gasteiger partial charge >= 0.3 is 0 Å². The summed E-state index contributed by atoms with van der Waals surface area (Å²) in [7, 11) is 5.07. The van der Waals surface area contributed by atoms with Gasteiger partial charge in [-0.25, -0.2) is 0 Å². The fourth-order valence-electron chi connectivity index (χ4n) is 3.78.